The smallest absolute Gasteiger partial charge is 0.189 e. The van der Waals surface area contributed by atoms with Gasteiger partial charge < -0.3 is 9.47 Å². The number of allylic oxidation sites excluding steroid dienone is 1. The number of methoxy groups -OCH3 is 1. The molecule has 3 aromatic rings. The number of ether oxygens (including phenoxy) is 2. The van der Waals surface area contributed by atoms with Crippen molar-refractivity contribution >= 4 is 39.4 Å². The van der Waals surface area contributed by atoms with Crippen molar-refractivity contribution in [3.8, 4) is 11.5 Å². The van der Waals surface area contributed by atoms with Crippen molar-refractivity contribution in [2.75, 3.05) is 7.11 Å². The van der Waals surface area contributed by atoms with Crippen LogP contribution in [0.1, 0.15) is 27.0 Å². The van der Waals surface area contributed by atoms with Crippen LogP contribution in [0.15, 0.2) is 70.7 Å². The number of hydrogen-bond acceptors (Lipinski definition) is 3. The fraction of sp³-hybridized carbons (Fsp3) is 0.125. The van der Waals surface area contributed by atoms with Gasteiger partial charge in [0.05, 0.1) is 11.6 Å². The van der Waals surface area contributed by atoms with Crippen molar-refractivity contribution < 1.29 is 14.3 Å². The standard InChI is InChI=1S/C24H18BrClO3/c1-28-22-12-15(10-18-13-16-6-2-4-8-19(16)23(18)27)11-20(25)24(22)29-14-17-7-3-5-9-21(17)26/h2-12H,13-14H2,1H3/b18-10+. The van der Waals surface area contributed by atoms with E-state index in [9.17, 15) is 4.79 Å². The first-order valence-electron chi connectivity index (χ1n) is 9.13. The zero-order valence-electron chi connectivity index (χ0n) is 15.7. The summed E-state index contributed by atoms with van der Waals surface area (Å²) in [5.74, 6) is 1.26. The monoisotopic (exact) mass is 468 g/mol. The largest absolute Gasteiger partial charge is 0.493 e. The second-order valence-electron chi connectivity index (χ2n) is 6.75. The Labute approximate surface area is 183 Å². The quantitative estimate of drug-likeness (QED) is 0.399. The van der Waals surface area contributed by atoms with Gasteiger partial charge in [-0.05, 0) is 51.3 Å². The van der Waals surface area contributed by atoms with Gasteiger partial charge in [-0.3, -0.25) is 4.79 Å². The van der Waals surface area contributed by atoms with Gasteiger partial charge in [0.15, 0.2) is 17.3 Å². The normalized spacial score (nSPS) is 14.2. The maximum atomic E-state index is 12.7. The minimum atomic E-state index is 0.0785. The number of benzene rings is 3. The zero-order valence-corrected chi connectivity index (χ0v) is 18.1. The molecule has 1 aliphatic rings. The molecule has 0 spiro atoms. The molecule has 0 amide bonds. The van der Waals surface area contributed by atoms with E-state index in [4.69, 9.17) is 21.1 Å². The van der Waals surface area contributed by atoms with Crippen LogP contribution in [0.4, 0.5) is 0 Å². The van der Waals surface area contributed by atoms with Crippen LogP contribution in [0.5, 0.6) is 11.5 Å². The number of ketones is 1. The van der Waals surface area contributed by atoms with E-state index in [1.807, 2.05) is 66.7 Å². The molecule has 0 unspecified atom stereocenters. The zero-order chi connectivity index (χ0) is 20.4. The second-order valence-corrected chi connectivity index (χ2v) is 8.01. The third-order valence-electron chi connectivity index (χ3n) is 4.86. The lowest BCUT2D eigenvalue weighted by molar-refractivity contribution is 0.104. The molecule has 0 N–H and O–H groups in total. The summed E-state index contributed by atoms with van der Waals surface area (Å²) in [5.41, 5.74) is 4.38. The summed E-state index contributed by atoms with van der Waals surface area (Å²) >= 11 is 9.79. The highest BCUT2D eigenvalue weighted by Crippen LogP contribution is 2.38. The van der Waals surface area contributed by atoms with Gasteiger partial charge >= 0.3 is 0 Å². The molecule has 0 aliphatic heterocycles. The summed E-state index contributed by atoms with van der Waals surface area (Å²) in [6, 6.07) is 19.1. The van der Waals surface area contributed by atoms with Crippen molar-refractivity contribution in [3.63, 3.8) is 0 Å². The van der Waals surface area contributed by atoms with Gasteiger partial charge in [-0.2, -0.15) is 0 Å². The first-order chi connectivity index (χ1) is 14.1. The molecule has 0 aromatic heterocycles. The van der Waals surface area contributed by atoms with Crippen LogP contribution in [0, 0.1) is 0 Å². The molecule has 3 nitrogen and oxygen atoms in total. The number of rotatable bonds is 5. The number of halogens is 2. The van der Waals surface area contributed by atoms with Crippen LogP contribution >= 0.6 is 27.5 Å². The van der Waals surface area contributed by atoms with E-state index in [0.717, 1.165) is 32.3 Å². The second kappa shape index (κ2) is 8.44. The molecular weight excluding hydrogens is 452 g/mol. The molecule has 0 fully saturated rings. The molecular formula is C24H18BrClO3. The van der Waals surface area contributed by atoms with Crippen LogP contribution in [0.25, 0.3) is 6.08 Å². The van der Waals surface area contributed by atoms with Crippen molar-refractivity contribution in [3.05, 3.63) is 98.0 Å². The number of carbonyl (C=O) groups is 1. The van der Waals surface area contributed by atoms with E-state index in [1.165, 1.54) is 0 Å². The fourth-order valence-corrected chi connectivity index (χ4v) is 4.17. The fourth-order valence-electron chi connectivity index (χ4n) is 3.40. The molecule has 0 bridgehead atoms. The summed E-state index contributed by atoms with van der Waals surface area (Å²) in [6.45, 7) is 0.322. The van der Waals surface area contributed by atoms with E-state index in [-0.39, 0.29) is 5.78 Å². The summed E-state index contributed by atoms with van der Waals surface area (Å²) < 4.78 is 12.3. The number of hydrogen-bond donors (Lipinski definition) is 0. The van der Waals surface area contributed by atoms with Crippen molar-refractivity contribution in [1.82, 2.24) is 0 Å². The molecule has 146 valence electrons. The maximum absolute atomic E-state index is 12.7. The molecule has 0 saturated carbocycles. The summed E-state index contributed by atoms with van der Waals surface area (Å²) in [7, 11) is 1.59. The average molecular weight is 470 g/mol. The Kier molecular flexibility index (Phi) is 5.74. The van der Waals surface area contributed by atoms with E-state index in [0.29, 0.717) is 29.5 Å². The molecule has 0 heterocycles. The Balaban J connectivity index is 1.60. The predicted octanol–water partition coefficient (Wildman–Crippen LogP) is 6.51. The number of Topliss-reactive ketones (excluding diaryl/α,β-unsaturated/α-hetero) is 1. The van der Waals surface area contributed by atoms with Crippen LogP contribution in [0.3, 0.4) is 0 Å². The molecule has 0 saturated heterocycles. The first kappa shape index (κ1) is 19.7. The van der Waals surface area contributed by atoms with Gasteiger partial charge in [0.1, 0.15) is 6.61 Å². The van der Waals surface area contributed by atoms with Crippen LogP contribution in [0.2, 0.25) is 5.02 Å². The van der Waals surface area contributed by atoms with Crippen LogP contribution < -0.4 is 9.47 Å². The Morgan fingerprint density at radius 1 is 1.10 bits per heavy atom. The molecule has 0 atom stereocenters. The van der Waals surface area contributed by atoms with E-state index in [2.05, 4.69) is 15.9 Å². The molecule has 0 radical (unpaired) electrons. The highest BCUT2D eigenvalue weighted by Gasteiger charge is 2.24. The highest BCUT2D eigenvalue weighted by molar-refractivity contribution is 9.10. The lowest BCUT2D eigenvalue weighted by Crippen LogP contribution is -2.00. The molecule has 4 rings (SSSR count). The highest BCUT2D eigenvalue weighted by atomic mass is 79.9. The predicted molar refractivity (Wildman–Crippen MR) is 119 cm³/mol. The lowest BCUT2D eigenvalue weighted by atomic mass is 10.1. The Morgan fingerprint density at radius 3 is 2.62 bits per heavy atom. The minimum Gasteiger partial charge on any atom is -0.493 e. The number of fused-ring (bicyclic) bond motifs is 1. The molecule has 1 aliphatic carbocycles. The van der Waals surface area contributed by atoms with E-state index < -0.39 is 0 Å². The van der Waals surface area contributed by atoms with Gasteiger partial charge in [0.25, 0.3) is 0 Å². The molecule has 5 heteroatoms. The van der Waals surface area contributed by atoms with Crippen LogP contribution in [-0.2, 0) is 13.0 Å². The van der Waals surface area contributed by atoms with Gasteiger partial charge in [-0.25, -0.2) is 0 Å². The van der Waals surface area contributed by atoms with Gasteiger partial charge in [-0.15, -0.1) is 0 Å². The maximum Gasteiger partial charge on any atom is 0.189 e. The van der Waals surface area contributed by atoms with Gasteiger partial charge in [0.2, 0.25) is 0 Å². The van der Waals surface area contributed by atoms with E-state index in [1.54, 1.807) is 7.11 Å². The molecule has 29 heavy (non-hydrogen) atoms. The molecule has 3 aromatic carbocycles. The summed E-state index contributed by atoms with van der Waals surface area (Å²) in [4.78, 5) is 12.7. The van der Waals surface area contributed by atoms with Crippen LogP contribution in [-0.4, -0.2) is 12.9 Å². The van der Waals surface area contributed by atoms with Crippen molar-refractivity contribution in [1.29, 1.82) is 0 Å². The van der Waals surface area contributed by atoms with Gasteiger partial charge in [0, 0.05) is 28.1 Å². The third-order valence-corrected chi connectivity index (χ3v) is 5.81. The van der Waals surface area contributed by atoms with E-state index >= 15 is 0 Å². The Morgan fingerprint density at radius 2 is 1.86 bits per heavy atom. The SMILES string of the molecule is COc1cc(/C=C2\Cc3ccccc3C2=O)cc(Br)c1OCc1ccccc1Cl. The average Bonchev–Trinajstić information content (AvgIpc) is 3.03. The summed E-state index contributed by atoms with van der Waals surface area (Å²) in [5, 5.41) is 0.656. The Hall–Kier alpha value is -2.56. The van der Waals surface area contributed by atoms with Crippen molar-refractivity contribution in [2.24, 2.45) is 0 Å². The topological polar surface area (TPSA) is 35.5 Å². The summed E-state index contributed by atoms with van der Waals surface area (Å²) in [6.07, 6.45) is 2.55. The lowest BCUT2D eigenvalue weighted by Gasteiger charge is -2.14. The first-order valence-corrected chi connectivity index (χ1v) is 10.3. The van der Waals surface area contributed by atoms with Crippen molar-refractivity contribution in [2.45, 2.75) is 13.0 Å². The minimum absolute atomic E-state index is 0.0785. The number of carbonyl (C=O) groups excluding carboxylic acids is 1. The third kappa shape index (κ3) is 4.09. The van der Waals surface area contributed by atoms with Gasteiger partial charge in [-0.1, -0.05) is 54.1 Å². The Bertz CT molecular complexity index is 1120.